The third kappa shape index (κ3) is 2.59. The smallest absolute Gasteiger partial charge is 0.272 e. The largest absolute Gasteiger partial charge is 0.326 e. The lowest BCUT2D eigenvalue weighted by Gasteiger charge is -2.19. The number of amides is 1. The molecule has 0 aliphatic carbocycles. The Kier molecular flexibility index (Phi) is 3.63. The number of para-hydroxylation sites is 1. The zero-order chi connectivity index (χ0) is 16.8. The zero-order valence-corrected chi connectivity index (χ0v) is 14.0. The van der Waals surface area contributed by atoms with Crippen molar-refractivity contribution in [1.82, 2.24) is 14.5 Å². The highest BCUT2D eigenvalue weighted by molar-refractivity contribution is 7.91. The molecule has 1 aliphatic rings. The summed E-state index contributed by atoms with van der Waals surface area (Å²) in [5.41, 5.74) is 2.99. The Labute approximate surface area is 135 Å². The number of rotatable bonds is 3. The molecule has 2 aromatic rings. The average molecular weight is 334 g/mol. The first-order valence-electron chi connectivity index (χ1n) is 7.24. The number of hydrogen-bond donors (Lipinski definition) is 1. The van der Waals surface area contributed by atoms with Crippen molar-refractivity contribution < 1.29 is 13.2 Å². The van der Waals surface area contributed by atoms with E-state index in [1.165, 1.54) is 4.31 Å². The molecule has 0 spiro atoms. The minimum atomic E-state index is -3.95. The van der Waals surface area contributed by atoms with Crippen LogP contribution < -0.4 is 9.03 Å². The molecule has 0 bridgehead atoms. The Bertz CT molecular complexity index is 886. The first-order valence-corrected chi connectivity index (χ1v) is 8.68. The maximum absolute atomic E-state index is 12.6. The summed E-state index contributed by atoms with van der Waals surface area (Å²) in [7, 11) is -2.24. The number of benzene rings is 1. The molecule has 0 radical (unpaired) electrons. The van der Waals surface area contributed by atoms with Crippen LogP contribution in [0.15, 0.2) is 24.3 Å². The van der Waals surface area contributed by atoms with Crippen LogP contribution in [0, 0.1) is 13.8 Å². The molecule has 0 unspecified atom stereocenters. The van der Waals surface area contributed by atoms with Crippen molar-refractivity contribution in [2.24, 2.45) is 7.05 Å². The van der Waals surface area contributed by atoms with Crippen molar-refractivity contribution in [2.45, 2.75) is 20.3 Å². The van der Waals surface area contributed by atoms with E-state index in [2.05, 4.69) is 9.82 Å². The predicted molar refractivity (Wildman–Crippen MR) is 86.6 cm³/mol. The van der Waals surface area contributed by atoms with E-state index in [1.807, 2.05) is 12.1 Å². The van der Waals surface area contributed by atoms with Gasteiger partial charge in [0.15, 0.2) is 0 Å². The Hall–Kier alpha value is -2.35. The monoisotopic (exact) mass is 334 g/mol. The van der Waals surface area contributed by atoms with Crippen molar-refractivity contribution >= 4 is 21.8 Å². The number of anilines is 1. The Morgan fingerprint density at radius 1 is 1.26 bits per heavy atom. The molecule has 0 saturated heterocycles. The third-order valence-corrected chi connectivity index (χ3v) is 5.50. The molecular weight excluding hydrogens is 316 g/mol. The molecule has 0 atom stereocenters. The van der Waals surface area contributed by atoms with E-state index in [9.17, 15) is 13.2 Å². The first kappa shape index (κ1) is 15.5. The molecule has 1 aromatic carbocycles. The minimum Gasteiger partial charge on any atom is -0.272 e. The second-order valence-corrected chi connectivity index (χ2v) is 7.15. The van der Waals surface area contributed by atoms with Crippen LogP contribution in [0.3, 0.4) is 0 Å². The van der Waals surface area contributed by atoms with Crippen molar-refractivity contribution in [3.8, 4) is 0 Å². The van der Waals surface area contributed by atoms with Gasteiger partial charge in [-0.3, -0.25) is 13.8 Å². The van der Waals surface area contributed by atoms with Gasteiger partial charge in [0.2, 0.25) is 0 Å². The maximum Gasteiger partial charge on any atom is 0.326 e. The Morgan fingerprint density at radius 3 is 2.61 bits per heavy atom. The summed E-state index contributed by atoms with van der Waals surface area (Å²) in [5, 5.41) is 4.14. The molecule has 1 N–H and O–H groups in total. The number of nitrogens with zero attached hydrogens (tertiary/aromatic N) is 3. The lowest BCUT2D eigenvalue weighted by atomic mass is 10.2. The summed E-state index contributed by atoms with van der Waals surface area (Å²) in [6.07, 6.45) is 0.635. The lowest BCUT2D eigenvalue weighted by molar-refractivity contribution is 0.0980. The Balaban J connectivity index is 1.89. The fraction of sp³-hybridized carbons (Fsp3) is 0.333. The van der Waals surface area contributed by atoms with E-state index in [0.717, 1.165) is 5.56 Å². The van der Waals surface area contributed by atoms with Crippen molar-refractivity contribution in [1.29, 1.82) is 0 Å². The molecule has 7 nitrogen and oxygen atoms in total. The van der Waals surface area contributed by atoms with Crippen molar-refractivity contribution in [2.75, 3.05) is 10.8 Å². The summed E-state index contributed by atoms with van der Waals surface area (Å²) in [4.78, 5) is 12.4. The van der Waals surface area contributed by atoms with E-state index in [0.29, 0.717) is 35.6 Å². The van der Waals surface area contributed by atoms with Crippen LogP contribution in [0.4, 0.5) is 5.69 Å². The van der Waals surface area contributed by atoms with E-state index in [1.54, 1.807) is 37.7 Å². The van der Waals surface area contributed by atoms with Gasteiger partial charge >= 0.3 is 10.2 Å². The summed E-state index contributed by atoms with van der Waals surface area (Å²) < 4.78 is 30.1. The van der Waals surface area contributed by atoms with Crippen LogP contribution in [0.5, 0.6) is 0 Å². The van der Waals surface area contributed by atoms with Gasteiger partial charge in [-0.2, -0.15) is 13.5 Å². The molecule has 23 heavy (non-hydrogen) atoms. The van der Waals surface area contributed by atoms with Crippen molar-refractivity contribution in [3.63, 3.8) is 0 Å². The predicted octanol–water partition coefficient (Wildman–Crippen LogP) is 1.07. The number of aromatic nitrogens is 2. The van der Waals surface area contributed by atoms with E-state index >= 15 is 0 Å². The van der Waals surface area contributed by atoms with Gasteiger partial charge in [0.1, 0.15) is 0 Å². The summed E-state index contributed by atoms with van der Waals surface area (Å²) in [6.45, 7) is 3.74. The Morgan fingerprint density at radius 2 is 1.96 bits per heavy atom. The van der Waals surface area contributed by atoms with Gasteiger partial charge in [-0.1, -0.05) is 18.2 Å². The number of aryl methyl sites for hydroxylation is 2. The molecule has 3 rings (SSSR count). The van der Waals surface area contributed by atoms with Gasteiger partial charge in [-0.05, 0) is 31.9 Å². The van der Waals surface area contributed by atoms with E-state index in [4.69, 9.17) is 0 Å². The fourth-order valence-corrected chi connectivity index (χ4v) is 4.10. The highest BCUT2D eigenvalue weighted by Crippen LogP contribution is 2.29. The molecule has 0 saturated carbocycles. The topological polar surface area (TPSA) is 84.3 Å². The average Bonchev–Trinajstić information content (AvgIpc) is 3.00. The minimum absolute atomic E-state index is 0.295. The second-order valence-electron chi connectivity index (χ2n) is 5.56. The fourth-order valence-electron chi connectivity index (χ4n) is 2.88. The van der Waals surface area contributed by atoms with Crippen LogP contribution in [0.1, 0.15) is 27.3 Å². The van der Waals surface area contributed by atoms with Crippen LogP contribution >= 0.6 is 0 Å². The van der Waals surface area contributed by atoms with Crippen LogP contribution in [-0.4, -0.2) is 30.7 Å². The highest BCUT2D eigenvalue weighted by Gasteiger charge is 2.31. The number of carbonyl (C=O) groups excluding carboxylic acids is 1. The van der Waals surface area contributed by atoms with Gasteiger partial charge < -0.3 is 0 Å². The SMILES string of the molecule is Cc1nn(C)c(C)c1C(=O)NS(=O)(=O)N1CCc2ccccc21. The molecule has 8 heteroatoms. The van der Waals surface area contributed by atoms with Crippen LogP contribution in [0.25, 0.3) is 0 Å². The number of nitrogens with one attached hydrogen (secondary N) is 1. The molecular formula is C15H18N4O3S. The molecule has 1 aliphatic heterocycles. The molecule has 122 valence electrons. The summed E-state index contributed by atoms with van der Waals surface area (Å²) in [5.74, 6) is -0.655. The number of carbonyl (C=O) groups is 1. The molecule has 1 aromatic heterocycles. The highest BCUT2D eigenvalue weighted by atomic mass is 32.2. The van der Waals surface area contributed by atoms with Gasteiger partial charge in [0.05, 0.1) is 16.9 Å². The van der Waals surface area contributed by atoms with Gasteiger partial charge in [0.25, 0.3) is 5.91 Å². The van der Waals surface area contributed by atoms with Crippen LogP contribution in [-0.2, 0) is 23.7 Å². The summed E-state index contributed by atoms with van der Waals surface area (Å²) in [6, 6.07) is 7.29. The third-order valence-electron chi connectivity index (χ3n) is 4.09. The molecule has 1 amide bonds. The standard InChI is InChI=1S/C15H18N4O3S/c1-10-14(11(2)18(3)16-10)15(20)17-23(21,22)19-9-8-12-6-4-5-7-13(12)19/h4-7H,8-9H2,1-3H3,(H,17,20). The van der Waals surface area contributed by atoms with Gasteiger partial charge in [-0.25, -0.2) is 4.72 Å². The number of fused-ring (bicyclic) bond motifs is 1. The van der Waals surface area contributed by atoms with Gasteiger partial charge in [-0.15, -0.1) is 0 Å². The molecule has 0 fully saturated rings. The second kappa shape index (κ2) is 5.38. The van der Waals surface area contributed by atoms with Gasteiger partial charge in [0, 0.05) is 19.3 Å². The van der Waals surface area contributed by atoms with Crippen LogP contribution in [0.2, 0.25) is 0 Å². The lowest BCUT2D eigenvalue weighted by Crippen LogP contribution is -2.43. The maximum atomic E-state index is 12.6. The quantitative estimate of drug-likeness (QED) is 0.910. The summed E-state index contributed by atoms with van der Waals surface area (Å²) >= 11 is 0. The van der Waals surface area contributed by atoms with E-state index in [-0.39, 0.29) is 0 Å². The number of hydrogen-bond acceptors (Lipinski definition) is 4. The first-order chi connectivity index (χ1) is 10.8. The molecule has 2 heterocycles. The zero-order valence-electron chi connectivity index (χ0n) is 13.2. The van der Waals surface area contributed by atoms with E-state index < -0.39 is 16.1 Å². The normalized spacial score (nSPS) is 14.0. The van der Waals surface area contributed by atoms with Crippen molar-refractivity contribution in [3.05, 3.63) is 46.8 Å².